The lowest BCUT2D eigenvalue weighted by Crippen LogP contribution is -2.52. The second-order valence-electron chi connectivity index (χ2n) is 7.84. The van der Waals surface area contributed by atoms with Crippen LogP contribution >= 0.6 is 11.3 Å². The largest absolute Gasteiger partial charge is 0.361 e. The summed E-state index contributed by atoms with van der Waals surface area (Å²) >= 11 is 1.38. The van der Waals surface area contributed by atoms with Crippen LogP contribution in [0, 0.1) is 0 Å². The Kier molecular flexibility index (Phi) is 6.35. The predicted molar refractivity (Wildman–Crippen MR) is 111 cm³/mol. The lowest BCUT2D eigenvalue weighted by molar-refractivity contribution is 0.00931. The van der Waals surface area contributed by atoms with E-state index in [1.54, 1.807) is 20.8 Å². The lowest BCUT2D eigenvalue weighted by atomic mass is 10.1. The van der Waals surface area contributed by atoms with Crippen LogP contribution < -0.4 is 10.0 Å². The molecule has 2 heterocycles. The number of aliphatic hydroxyl groups is 1. The first-order valence-electron chi connectivity index (χ1n) is 9.25. The maximum absolute atomic E-state index is 12.3. The van der Waals surface area contributed by atoms with Crippen molar-refractivity contribution in [2.45, 2.75) is 50.8 Å². The fraction of sp³-hybridized carbons (Fsp3) is 0.556. The van der Waals surface area contributed by atoms with E-state index < -0.39 is 21.1 Å². The first kappa shape index (κ1) is 21.1. The maximum atomic E-state index is 12.3. The summed E-state index contributed by atoms with van der Waals surface area (Å²) in [5.74, 6) is 0. The van der Waals surface area contributed by atoms with Crippen LogP contribution in [0.3, 0.4) is 0 Å². The number of aromatic nitrogens is 2. The Morgan fingerprint density at radius 1 is 1.18 bits per heavy atom. The fourth-order valence-electron chi connectivity index (χ4n) is 2.84. The zero-order valence-electron chi connectivity index (χ0n) is 16.3. The van der Waals surface area contributed by atoms with Gasteiger partial charge in [-0.2, -0.15) is 0 Å². The van der Waals surface area contributed by atoms with Gasteiger partial charge in [0.1, 0.15) is 5.01 Å². The second kappa shape index (κ2) is 8.42. The number of nitrogens with zero attached hydrogens (tertiary/aromatic N) is 3. The minimum atomic E-state index is -3.37. The molecule has 3 rings (SSSR count). The van der Waals surface area contributed by atoms with Gasteiger partial charge in [-0.15, -0.1) is 10.2 Å². The zero-order valence-corrected chi connectivity index (χ0v) is 17.9. The number of nitrogens with one attached hydrogen (secondary N) is 2. The number of hydrogen-bond acceptors (Lipinski definition) is 8. The van der Waals surface area contributed by atoms with Gasteiger partial charge in [-0.05, 0) is 33.6 Å². The molecule has 1 aliphatic rings. The molecule has 1 fully saturated rings. The first-order chi connectivity index (χ1) is 13.2. The van der Waals surface area contributed by atoms with Gasteiger partial charge < -0.3 is 10.4 Å². The molecular weight excluding hydrogens is 398 g/mol. The molecular formula is C18H27N5O3S2. The fourth-order valence-corrected chi connectivity index (χ4v) is 4.63. The Balaban J connectivity index is 1.52. The van der Waals surface area contributed by atoms with Crippen molar-refractivity contribution in [2.24, 2.45) is 0 Å². The van der Waals surface area contributed by atoms with E-state index in [0.717, 1.165) is 10.6 Å². The van der Waals surface area contributed by atoms with Gasteiger partial charge in [0, 0.05) is 24.7 Å². The monoisotopic (exact) mass is 425 g/mol. The molecule has 1 atom stereocenters. The van der Waals surface area contributed by atoms with Gasteiger partial charge in [-0.25, -0.2) is 13.1 Å². The smallest absolute Gasteiger partial charge is 0.216 e. The molecule has 0 aliphatic carbocycles. The molecule has 0 radical (unpaired) electrons. The normalized spacial score (nSPS) is 18.1. The van der Waals surface area contributed by atoms with E-state index in [1.807, 2.05) is 35.2 Å². The van der Waals surface area contributed by atoms with Crippen molar-refractivity contribution < 1.29 is 13.5 Å². The van der Waals surface area contributed by atoms with E-state index in [0.29, 0.717) is 31.1 Å². The third-order valence-electron chi connectivity index (χ3n) is 4.70. The zero-order chi connectivity index (χ0) is 20.4. The molecule has 0 saturated carbocycles. The summed E-state index contributed by atoms with van der Waals surface area (Å²) in [7, 11) is -3.37. The van der Waals surface area contributed by atoms with Gasteiger partial charge in [0.2, 0.25) is 15.2 Å². The van der Waals surface area contributed by atoms with E-state index in [-0.39, 0.29) is 6.04 Å². The molecule has 28 heavy (non-hydrogen) atoms. The number of rotatable bonds is 6. The first-order valence-corrected chi connectivity index (χ1v) is 11.6. The van der Waals surface area contributed by atoms with Gasteiger partial charge in [-0.3, -0.25) is 4.90 Å². The Morgan fingerprint density at radius 3 is 2.43 bits per heavy atom. The van der Waals surface area contributed by atoms with Crippen LogP contribution in [0.1, 0.15) is 33.6 Å². The standard InChI is InChI=1S/C18H27N5O3S2/c1-18(2,3)28(25,26)22-14-9-11-23(12-10-14)17(24)19-16-21-20-15(27-16)13-7-5-4-6-8-13/h4-8,14,17,22,24H,9-12H2,1-3H3,(H,19,21). The summed E-state index contributed by atoms with van der Waals surface area (Å²) in [6, 6.07) is 9.64. The Bertz CT molecular complexity index is 872. The van der Waals surface area contributed by atoms with Gasteiger partial charge in [0.15, 0.2) is 6.35 Å². The number of piperidine rings is 1. The molecule has 1 saturated heterocycles. The van der Waals surface area contributed by atoms with Crippen molar-refractivity contribution >= 4 is 26.5 Å². The molecule has 1 aromatic carbocycles. The Labute approximate surface area is 170 Å². The van der Waals surface area contributed by atoms with Crippen molar-refractivity contribution in [1.29, 1.82) is 0 Å². The Morgan fingerprint density at radius 2 is 1.82 bits per heavy atom. The molecule has 154 valence electrons. The van der Waals surface area contributed by atoms with Crippen LogP contribution in [0.4, 0.5) is 5.13 Å². The molecule has 3 N–H and O–H groups in total. The highest BCUT2D eigenvalue weighted by Crippen LogP contribution is 2.27. The highest BCUT2D eigenvalue weighted by molar-refractivity contribution is 7.90. The third kappa shape index (κ3) is 5.06. The van der Waals surface area contributed by atoms with Crippen LogP contribution in [-0.4, -0.2) is 58.9 Å². The van der Waals surface area contributed by atoms with Crippen LogP contribution in [0.25, 0.3) is 10.6 Å². The molecule has 1 aliphatic heterocycles. The van der Waals surface area contributed by atoms with E-state index in [2.05, 4.69) is 20.2 Å². The molecule has 0 bridgehead atoms. The van der Waals surface area contributed by atoms with Crippen LogP contribution in [-0.2, 0) is 10.0 Å². The summed E-state index contributed by atoms with van der Waals surface area (Å²) in [5.41, 5.74) is 0.981. The maximum Gasteiger partial charge on any atom is 0.216 e. The van der Waals surface area contributed by atoms with Crippen molar-refractivity contribution in [3.8, 4) is 10.6 Å². The van der Waals surface area contributed by atoms with Crippen molar-refractivity contribution in [3.63, 3.8) is 0 Å². The quantitative estimate of drug-likeness (QED) is 0.608. The van der Waals surface area contributed by atoms with Gasteiger partial charge in [0.05, 0.1) is 4.75 Å². The van der Waals surface area contributed by atoms with E-state index in [9.17, 15) is 13.5 Å². The molecule has 8 nitrogen and oxygen atoms in total. The highest BCUT2D eigenvalue weighted by atomic mass is 32.2. The van der Waals surface area contributed by atoms with Gasteiger partial charge in [0.25, 0.3) is 0 Å². The average Bonchev–Trinajstić information content (AvgIpc) is 3.10. The topological polar surface area (TPSA) is 107 Å². The SMILES string of the molecule is CC(C)(C)S(=O)(=O)NC1CCN(C(O)Nc2nnc(-c3ccccc3)s2)CC1. The molecule has 0 spiro atoms. The van der Waals surface area contributed by atoms with Crippen molar-refractivity contribution in [3.05, 3.63) is 30.3 Å². The summed E-state index contributed by atoms with van der Waals surface area (Å²) in [6.07, 6.45) is 0.385. The number of hydrogen-bond donors (Lipinski definition) is 3. The Hall–Kier alpha value is -1.59. The predicted octanol–water partition coefficient (Wildman–Crippen LogP) is 2.08. The van der Waals surface area contributed by atoms with Gasteiger partial charge >= 0.3 is 0 Å². The highest BCUT2D eigenvalue weighted by Gasteiger charge is 2.33. The van der Waals surface area contributed by atoms with E-state index in [1.165, 1.54) is 11.3 Å². The molecule has 0 amide bonds. The number of sulfonamides is 1. The number of anilines is 1. The minimum absolute atomic E-state index is 0.112. The van der Waals surface area contributed by atoms with Crippen molar-refractivity contribution in [1.82, 2.24) is 19.8 Å². The van der Waals surface area contributed by atoms with E-state index >= 15 is 0 Å². The van der Waals surface area contributed by atoms with E-state index in [4.69, 9.17) is 0 Å². The third-order valence-corrected chi connectivity index (χ3v) is 7.86. The molecule has 2 aromatic rings. The summed E-state index contributed by atoms with van der Waals surface area (Å²) in [4.78, 5) is 1.87. The van der Waals surface area contributed by atoms with Crippen LogP contribution in [0.5, 0.6) is 0 Å². The summed E-state index contributed by atoms with van der Waals surface area (Å²) < 4.78 is 26.5. The van der Waals surface area contributed by atoms with Crippen LogP contribution in [0.2, 0.25) is 0 Å². The summed E-state index contributed by atoms with van der Waals surface area (Å²) in [6.45, 7) is 6.21. The van der Waals surface area contributed by atoms with Crippen LogP contribution in [0.15, 0.2) is 30.3 Å². The minimum Gasteiger partial charge on any atom is -0.361 e. The molecule has 1 unspecified atom stereocenters. The second-order valence-corrected chi connectivity index (χ2v) is 11.3. The molecule has 10 heteroatoms. The number of likely N-dealkylation sites (tertiary alicyclic amines) is 1. The molecule has 1 aromatic heterocycles. The van der Waals surface area contributed by atoms with Gasteiger partial charge in [-0.1, -0.05) is 41.7 Å². The average molecular weight is 426 g/mol. The number of aliphatic hydroxyl groups excluding tert-OH is 1. The lowest BCUT2D eigenvalue weighted by Gasteiger charge is -2.36. The number of benzene rings is 1. The van der Waals surface area contributed by atoms with Crippen molar-refractivity contribution in [2.75, 3.05) is 18.4 Å². The summed E-state index contributed by atoms with van der Waals surface area (Å²) in [5, 5.41) is 23.0.